The lowest BCUT2D eigenvalue weighted by Crippen LogP contribution is -2.38. The molecule has 124 valence electrons. The summed E-state index contributed by atoms with van der Waals surface area (Å²) < 4.78 is 45.2. The number of rotatable bonds is 2. The number of aromatic nitrogens is 4. The summed E-state index contributed by atoms with van der Waals surface area (Å²) >= 11 is 0. The SMILES string of the molecule is FC(F)(F)c1nnc2ccc(NC3CCCC4OCCC34)nn12. The molecular weight excluding hydrogens is 311 g/mol. The average molecular weight is 327 g/mol. The van der Waals surface area contributed by atoms with Gasteiger partial charge in [0.2, 0.25) is 0 Å². The summed E-state index contributed by atoms with van der Waals surface area (Å²) in [5, 5.41) is 14.0. The average Bonchev–Trinajstić information content (AvgIpc) is 3.13. The topological polar surface area (TPSA) is 64.3 Å². The molecule has 0 radical (unpaired) electrons. The maximum atomic E-state index is 12.9. The number of alkyl halides is 3. The van der Waals surface area contributed by atoms with Crippen LogP contribution in [0.15, 0.2) is 12.1 Å². The van der Waals surface area contributed by atoms with Crippen LogP contribution in [0.25, 0.3) is 5.65 Å². The highest BCUT2D eigenvalue weighted by molar-refractivity contribution is 5.44. The minimum Gasteiger partial charge on any atom is -0.378 e. The highest BCUT2D eigenvalue weighted by Crippen LogP contribution is 2.36. The minimum atomic E-state index is -4.58. The molecule has 3 heterocycles. The Kier molecular flexibility index (Phi) is 3.40. The normalized spacial score (nSPS) is 28.0. The smallest absolute Gasteiger partial charge is 0.378 e. The van der Waals surface area contributed by atoms with Crippen LogP contribution in [0.2, 0.25) is 0 Å². The van der Waals surface area contributed by atoms with E-state index in [0.717, 1.165) is 36.8 Å². The van der Waals surface area contributed by atoms with Crippen molar-refractivity contribution in [2.45, 2.75) is 44.0 Å². The van der Waals surface area contributed by atoms with Gasteiger partial charge in [0, 0.05) is 18.6 Å². The van der Waals surface area contributed by atoms with E-state index in [-0.39, 0.29) is 17.8 Å². The number of halogens is 3. The van der Waals surface area contributed by atoms with Crippen molar-refractivity contribution in [1.82, 2.24) is 19.8 Å². The fourth-order valence-electron chi connectivity index (χ4n) is 3.59. The molecule has 1 N–H and O–H groups in total. The molecule has 1 saturated carbocycles. The molecule has 0 spiro atoms. The van der Waals surface area contributed by atoms with Crippen LogP contribution in [0.3, 0.4) is 0 Å². The Balaban J connectivity index is 1.61. The van der Waals surface area contributed by atoms with Crippen LogP contribution in [-0.4, -0.2) is 38.6 Å². The Bertz CT molecular complexity index is 716. The van der Waals surface area contributed by atoms with Crippen molar-refractivity contribution < 1.29 is 17.9 Å². The van der Waals surface area contributed by atoms with E-state index in [4.69, 9.17) is 4.74 Å². The second-order valence-corrected chi connectivity index (χ2v) is 6.05. The fourth-order valence-corrected chi connectivity index (χ4v) is 3.59. The highest BCUT2D eigenvalue weighted by Gasteiger charge is 2.39. The van der Waals surface area contributed by atoms with Crippen molar-refractivity contribution in [3.05, 3.63) is 18.0 Å². The van der Waals surface area contributed by atoms with E-state index in [2.05, 4.69) is 20.6 Å². The van der Waals surface area contributed by atoms with Crippen LogP contribution in [0, 0.1) is 5.92 Å². The predicted molar refractivity (Wildman–Crippen MR) is 74.9 cm³/mol. The monoisotopic (exact) mass is 327 g/mol. The molecule has 3 atom stereocenters. The van der Waals surface area contributed by atoms with E-state index in [1.807, 2.05) is 0 Å². The summed E-state index contributed by atoms with van der Waals surface area (Å²) in [6.07, 6.45) is -0.282. The second kappa shape index (κ2) is 5.33. The lowest BCUT2D eigenvalue weighted by Gasteiger charge is -2.33. The van der Waals surface area contributed by atoms with E-state index in [1.165, 1.54) is 6.07 Å². The van der Waals surface area contributed by atoms with Gasteiger partial charge in [-0.05, 0) is 37.8 Å². The van der Waals surface area contributed by atoms with Gasteiger partial charge in [0.05, 0.1) is 6.10 Å². The van der Waals surface area contributed by atoms with Crippen molar-refractivity contribution >= 4 is 11.5 Å². The summed E-state index contributed by atoms with van der Waals surface area (Å²) in [5.41, 5.74) is 0.0774. The molecule has 1 aliphatic carbocycles. The van der Waals surface area contributed by atoms with Gasteiger partial charge in [0.15, 0.2) is 5.65 Å². The highest BCUT2D eigenvalue weighted by atomic mass is 19.4. The maximum absolute atomic E-state index is 12.9. The molecule has 0 bridgehead atoms. The molecule has 3 unspecified atom stereocenters. The molecule has 1 saturated heterocycles. The van der Waals surface area contributed by atoms with Crippen molar-refractivity contribution in [3.63, 3.8) is 0 Å². The molecule has 0 amide bonds. The Morgan fingerprint density at radius 2 is 2.04 bits per heavy atom. The Morgan fingerprint density at radius 1 is 1.17 bits per heavy atom. The standard InChI is InChI=1S/C14H16F3N5O/c15-14(16,17)13-20-19-12-5-4-11(21-22(12)13)18-9-2-1-3-10-8(9)6-7-23-10/h4-5,8-10H,1-3,6-7H2,(H,18,21). The third-order valence-corrected chi connectivity index (χ3v) is 4.63. The fraction of sp³-hybridized carbons (Fsp3) is 0.643. The first-order chi connectivity index (χ1) is 11.0. The minimum absolute atomic E-state index is 0.0774. The Hall–Kier alpha value is -1.90. The first-order valence-electron chi connectivity index (χ1n) is 7.70. The molecule has 23 heavy (non-hydrogen) atoms. The first kappa shape index (κ1) is 14.7. The van der Waals surface area contributed by atoms with Crippen molar-refractivity contribution in [2.24, 2.45) is 5.92 Å². The quantitative estimate of drug-likeness (QED) is 0.918. The zero-order chi connectivity index (χ0) is 16.0. The molecule has 2 aliphatic rings. The van der Waals surface area contributed by atoms with Gasteiger partial charge in [0.1, 0.15) is 5.82 Å². The lowest BCUT2D eigenvalue weighted by atomic mass is 9.82. The van der Waals surface area contributed by atoms with Gasteiger partial charge < -0.3 is 10.1 Å². The van der Waals surface area contributed by atoms with Gasteiger partial charge in [-0.1, -0.05) is 0 Å². The third-order valence-electron chi connectivity index (χ3n) is 4.63. The van der Waals surface area contributed by atoms with Gasteiger partial charge in [-0.15, -0.1) is 15.3 Å². The number of hydrogen-bond donors (Lipinski definition) is 1. The third kappa shape index (κ3) is 2.62. The van der Waals surface area contributed by atoms with Crippen LogP contribution in [-0.2, 0) is 10.9 Å². The van der Waals surface area contributed by atoms with Crippen molar-refractivity contribution in [1.29, 1.82) is 0 Å². The summed E-state index contributed by atoms with van der Waals surface area (Å²) in [6, 6.07) is 3.30. The van der Waals surface area contributed by atoms with Gasteiger partial charge >= 0.3 is 6.18 Å². The largest absolute Gasteiger partial charge is 0.453 e. The van der Waals surface area contributed by atoms with E-state index in [0.29, 0.717) is 11.7 Å². The molecule has 2 aromatic heterocycles. The number of anilines is 1. The van der Waals surface area contributed by atoms with Gasteiger partial charge in [-0.2, -0.15) is 17.7 Å². The summed E-state index contributed by atoms with van der Waals surface area (Å²) in [4.78, 5) is 0. The molecule has 4 rings (SSSR count). The van der Waals surface area contributed by atoms with Crippen LogP contribution in [0.5, 0.6) is 0 Å². The van der Waals surface area contributed by atoms with E-state index in [9.17, 15) is 13.2 Å². The maximum Gasteiger partial charge on any atom is 0.453 e. The van der Waals surface area contributed by atoms with E-state index in [1.54, 1.807) is 6.07 Å². The number of ether oxygens (including phenoxy) is 1. The van der Waals surface area contributed by atoms with Crippen molar-refractivity contribution in [2.75, 3.05) is 11.9 Å². The van der Waals surface area contributed by atoms with Gasteiger partial charge in [-0.3, -0.25) is 0 Å². The molecular formula is C14H16F3N5O. The summed E-state index contributed by atoms with van der Waals surface area (Å²) in [6.45, 7) is 0.754. The number of hydrogen-bond acceptors (Lipinski definition) is 5. The zero-order valence-corrected chi connectivity index (χ0v) is 12.3. The predicted octanol–water partition coefficient (Wildman–Crippen LogP) is 2.51. The molecule has 9 heteroatoms. The molecule has 6 nitrogen and oxygen atoms in total. The molecule has 2 aromatic rings. The van der Waals surface area contributed by atoms with E-state index >= 15 is 0 Å². The number of fused-ring (bicyclic) bond motifs is 2. The van der Waals surface area contributed by atoms with Gasteiger partial charge in [0.25, 0.3) is 5.82 Å². The summed E-state index contributed by atoms with van der Waals surface area (Å²) in [5.74, 6) is -0.313. The molecule has 0 aromatic carbocycles. The van der Waals surface area contributed by atoms with Crippen LogP contribution >= 0.6 is 0 Å². The van der Waals surface area contributed by atoms with Crippen LogP contribution < -0.4 is 5.32 Å². The number of nitrogens with zero attached hydrogens (tertiary/aromatic N) is 4. The molecule has 2 fully saturated rings. The Morgan fingerprint density at radius 3 is 2.87 bits per heavy atom. The van der Waals surface area contributed by atoms with Crippen LogP contribution in [0.1, 0.15) is 31.5 Å². The first-order valence-corrected chi connectivity index (χ1v) is 7.70. The van der Waals surface area contributed by atoms with Crippen LogP contribution in [0.4, 0.5) is 19.0 Å². The second-order valence-electron chi connectivity index (χ2n) is 6.05. The Labute approximate surface area is 130 Å². The number of nitrogens with one attached hydrogen (secondary N) is 1. The summed E-state index contributed by atoms with van der Waals surface area (Å²) in [7, 11) is 0. The van der Waals surface area contributed by atoms with E-state index < -0.39 is 12.0 Å². The zero-order valence-electron chi connectivity index (χ0n) is 12.3. The lowest BCUT2D eigenvalue weighted by molar-refractivity contribution is -0.146. The van der Waals surface area contributed by atoms with Crippen molar-refractivity contribution in [3.8, 4) is 0 Å². The van der Waals surface area contributed by atoms with Gasteiger partial charge in [-0.25, -0.2) is 0 Å². The molecule has 1 aliphatic heterocycles.